The zero-order chi connectivity index (χ0) is 13.8. The van der Waals surface area contributed by atoms with Crippen molar-refractivity contribution in [3.05, 3.63) is 39.9 Å². The Bertz CT molecular complexity index is 579. The molecule has 0 saturated carbocycles. The number of benzene rings is 1. The van der Waals surface area contributed by atoms with Crippen LogP contribution in [0.3, 0.4) is 0 Å². The number of aryl methyl sites for hydroxylation is 2. The lowest BCUT2D eigenvalue weighted by Gasteiger charge is -2.06. The second kappa shape index (κ2) is 6.04. The fraction of sp³-hybridized carbons (Fsp3) is 0.231. The number of hydrogen-bond donors (Lipinski definition) is 1. The third-order valence-corrected chi connectivity index (χ3v) is 3.77. The third kappa shape index (κ3) is 3.68. The highest BCUT2D eigenvalue weighted by Gasteiger charge is 2.09. The molecule has 0 bridgehead atoms. The molecular weight excluding hydrogens is 284 g/mol. The number of rotatable bonds is 4. The molecule has 4 nitrogen and oxygen atoms in total. The van der Waals surface area contributed by atoms with Crippen LogP contribution < -0.4 is 10.1 Å². The minimum Gasteiger partial charge on any atom is -0.482 e. The zero-order valence-corrected chi connectivity index (χ0v) is 12.1. The monoisotopic (exact) mass is 296 g/mol. The van der Waals surface area contributed by atoms with Gasteiger partial charge in [0, 0.05) is 4.88 Å². The Labute approximate surface area is 120 Å². The summed E-state index contributed by atoms with van der Waals surface area (Å²) >= 11 is 7.37. The van der Waals surface area contributed by atoms with E-state index in [1.54, 1.807) is 24.3 Å². The van der Waals surface area contributed by atoms with E-state index < -0.39 is 0 Å². The maximum Gasteiger partial charge on any atom is 0.264 e. The highest BCUT2D eigenvalue weighted by Crippen LogP contribution is 2.23. The van der Waals surface area contributed by atoms with Gasteiger partial charge in [0.05, 0.1) is 10.7 Å². The van der Waals surface area contributed by atoms with Crippen molar-refractivity contribution in [2.45, 2.75) is 13.8 Å². The van der Waals surface area contributed by atoms with Gasteiger partial charge in [-0.1, -0.05) is 23.7 Å². The van der Waals surface area contributed by atoms with E-state index in [0.717, 1.165) is 10.6 Å². The molecule has 0 aliphatic carbocycles. The van der Waals surface area contributed by atoms with Gasteiger partial charge in [0.25, 0.3) is 5.91 Å². The van der Waals surface area contributed by atoms with Crippen LogP contribution in [0.5, 0.6) is 5.75 Å². The van der Waals surface area contributed by atoms with Gasteiger partial charge in [0.2, 0.25) is 0 Å². The Hall–Kier alpha value is -1.59. The Morgan fingerprint density at radius 1 is 1.42 bits per heavy atom. The van der Waals surface area contributed by atoms with E-state index in [9.17, 15) is 4.79 Å². The van der Waals surface area contributed by atoms with Gasteiger partial charge in [-0.25, -0.2) is 4.98 Å². The van der Waals surface area contributed by atoms with Gasteiger partial charge in [0.15, 0.2) is 11.7 Å². The van der Waals surface area contributed by atoms with Crippen molar-refractivity contribution in [3.8, 4) is 5.75 Å². The van der Waals surface area contributed by atoms with Crippen LogP contribution in [0.4, 0.5) is 5.13 Å². The average molecular weight is 297 g/mol. The normalized spacial score (nSPS) is 10.3. The number of ether oxygens (including phenoxy) is 1. The van der Waals surface area contributed by atoms with Crippen molar-refractivity contribution in [1.29, 1.82) is 0 Å². The van der Waals surface area contributed by atoms with Gasteiger partial charge in [0.1, 0.15) is 5.75 Å². The molecule has 1 heterocycles. The van der Waals surface area contributed by atoms with Crippen molar-refractivity contribution >= 4 is 34.0 Å². The molecule has 19 heavy (non-hydrogen) atoms. The number of anilines is 1. The number of para-hydroxylation sites is 1. The van der Waals surface area contributed by atoms with E-state index in [4.69, 9.17) is 16.3 Å². The van der Waals surface area contributed by atoms with Crippen LogP contribution in [-0.2, 0) is 4.79 Å². The summed E-state index contributed by atoms with van der Waals surface area (Å²) in [7, 11) is 0. The van der Waals surface area contributed by atoms with E-state index >= 15 is 0 Å². The molecule has 2 rings (SSSR count). The molecular formula is C13H13ClN2O2S. The first-order chi connectivity index (χ1) is 9.06. The van der Waals surface area contributed by atoms with Crippen LogP contribution >= 0.6 is 22.9 Å². The standard InChI is InChI=1S/C13H13ClN2O2S/c1-8-9(2)19-13(15-8)16-12(17)7-18-11-6-4-3-5-10(11)14/h3-6H,7H2,1-2H3,(H,15,16,17). The van der Waals surface area contributed by atoms with Crippen molar-refractivity contribution < 1.29 is 9.53 Å². The third-order valence-electron chi connectivity index (χ3n) is 2.47. The number of nitrogens with zero attached hydrogens (tertiary/aromatic N) is 1. The van der Waals surface area contributed by atoms with Gasteiger partial charge in [-0.3, -0.25) is 10.1 Å². The lowest BCUT2D eigenvalue weighted by Crippen LogP contribution is -2.20. The molecule has 0 atom stereocenters. The van der Waals surface area contributed by atoms with Crippen LogP contribution in [0, 0.1) is 13.8 Å². The van der Waals surface area contributed by atoms with Gasteiger partial charge < -0.3 is 4.74 Å². The number of aromatic nitrogens is 1. The lowest BCUT2D eigenvalue weighted by molar-refractivity contribution is -0.118. The van der Waals surface area contributed by atoms with Crippen molar-refractivity contribution in [2.75, 3.05) is 11.9 Å². The number of thiazole rings is 1. The van der Waals surface area contributed by atoms with Crippen LogP contribution in [0.15, 0.2) is 24.3 Å². The molecule has 1 amide bonds. The largest absolute Gasteiger partial charge is 0.482 e. The highest BCUT2D eigenvalue weighted by atomic mass is 35.5. The second-order valence-electron chi connectivity index (χ2n) is 3.93. The van der Waals surface area contributed by atoms with Crippen molar-refractivity contribution in [3.63, 3.8) is 0 Å². The summed E-state index contributed by atoms with van der Waals surface area (Å²) in [6.45, 7) is 3.77. The first-order valence-corrected chi connectivity index (χ1v) is 6.87. The molecule has 1 N–H and O–H groups in total. The predicted molar refractivity (Wildman–Crippen MR) is 77.2 cm³/mol. The topological polar surface area (TPSA) is 51.2 Å². The summed E-state index contributed by atoms with van der Waals surface area (Å²) in [6, 6.07) is 7.03. The van der Waals surface area contributed by atoms with Crippen LogP contribution in [0.1, 0.15) is 10.6 Å². The fourth-order valence-electron chi connectivity index (χ4n) is 1.39. The number of carbonyl (C=O) groups excluding carboxylic acids is 1. The summed E-state index contributed by atoms with van der Waals surface area (Å²) in [6.07, 6.45) is 0. The first kappa shape index (κ1) is 13.8. The Kier molecular flexibility index (Phi) is 4.39. The smallest absolute Gasteiger partial charge is 0.264 e. The summed E-state index contributed by atoms with van der Waals surface area (Å²) in [4.78, 5) is 17.0. The highest BCUT2D eigenvalue weighted by molar-refractivity contribution is 7.15. The molecule has 0 aliphatic heterocycles. The SMILES string of the molecule is Cc1nc(NC(=O)COc2ccccc2Cl)sc1C. The summed E-state index contributed by atoms with van der Waals surface area (Å²) in [5.41, 5.74) is 0.923. The summed E-state index contributed by atoms with van der Waals surface area (Å²) < 4.78 is 5.34. The van der Waals surface area contributed by atoms with E-state index in [0.29, 0.717) is 15.9 Å². The number of carbonyl (C=O) groups is 1. The van der Waals surface area contributed by atoms with Gasteiger partial charge >= 0.3 is 0 Å². The number of nitrogens with one attached hydrogen (secondary N) is 1. The van der Waals surface area contributed by atoms with Crippen molar-refractivity contribution in [1.82, 2.24) is 4.98 Å². The minimum atomic E-state index is -0.256. The molecule has 0 spiro atoms. The zero-order valence-electron chi connectivity index (χ0n) is 10.6. The minimum absolute atomic E-state index is 0.0958. The van der Waals surface area contributed by atoms with Crippen LogP contribution in [0.25, 0.3) is 0 Å². The molecule has 2 aromatic rings. The second-order valence-corrected chi connectivity index (χ2v) is 5.54. The molecule has 1 aromatic heterocycles. The van der Waals surface area contributed by atoms with E-state index in [2.05, 4.69) is 10.3 Å². The maximum atomic E-state index is 11.7. The molecule has 0 fully saturated rings. The van der Waals surface area contributed by atoms with E-state index in [1.807, 2.05) is 13.8 Å². The van der Waals surface area contributed by atoms with E-state index in [-0.39, 0.29) is 12.5 Å². The first-order valence-electron chi connectivity index (χ1n) is 5.67. The quantitative estimate of drug-likeness (QED) is 0.940. The number of amides is 1. The lowest BCUT2D eigenvalue weighted by atomic mass is 10.3. The maximum absolute atomic E-state index is 11.7. The Morgan fingerprint density at radius 2 is 2.16 bits per heavy atom. The summed E-state index contributed by atoms with van der Waals surface area (Å²) in [5.74, 6) is 0.236. The number of halogens is 1. The fourth-order valence-corrected chi connectivity index (χ4v) is 2.41. The molecule has 0 unspecified atom stereocenters. The molecule has 0 radical (unpaired) electrons. The molecule has 0 saturated heterocycles. The average Bonchev–Trinajstić information content (AvgIpc) is 2.67. The predicted octanol–water partition coefficient (Wildman–Crippen LogP) is 3.43. The van der Waals surface area contributed by atoms with Gasteiger partial charge in [-0.15, -0.1) is 11.3 Å². The number of hydrogen-bond acceptors (Lipinski definition) is 4. The Balaban J connectivity index is 1.90. The van der Waals surface area contributed by atoms with Gasteiger partial charge in [-0.2, -0.15) is 0 Å². The van der Waals surface area contributed by atoms with Crippen LogP contribution in [0.2, 0.25) is 5.02 Å². The molecule has 1 aromatic carbocycles. The molecule has 0 aliphatic rings. The van der Waals surface area contributed by atoms with Crippen molar-refractivity contribution in [2.24, 2.45) is 0 Å². The molecule has 100 valence electrons. The van der Waals surface area contributed by atoms with Gasteiger partial charge in [-0.05, 0) is 26.0 Å². The molecule has 6 heteroatoms. The van der Waals surface area contributed by atoms with Crippen LogP contribution in [-0.4, -0.2) is 17.5 Å². The summed E-state index contributed by atoms with van der Waals surface area (Å²) in [5, 5.41) is 3.76. The van der Waals surface area contributed by atoms with E-state index in [1.165, 1.54) is 11.3 Å². The Morgan fingerprint density at radius 3 is 2.79 bits per heavy atom.